The summed E-state index contributed by atoms with van der Waals surface area (Å²) < 4.78 is 0. The molecule has 0 saturated carbocycles. The van der Waals surface area contributed by atoms with Crippen LogP contribution in [0.1, 0.15) is 51.7 Å². The number of nitrogens with zero attached hydrogens (tertiary/aromatic N) is 1. The highest BCUT2D eigenvalue weighted by Gasteiger charge is 2.38. The van der Waals surface area contributed by atoms with Crippen molar-refractivity contribution in [1.29, 1.82) is 0 Å². The summed E-state index contributed by atoms with van der Waals surface area (Å²) in [5.74, 6) is 0. The molecule has 0 unspecified atom stereocenters. The molecule has 8 rings (SSSR count). The van der Waals surface area contributed by atoms with Crippen LogP contribution >= 0.6 is 0 Å². The molecule has 6 aromatic rings. The molecule has 1 heterocycles. The van der Waals surface area contributed by atoms with Crippen LogP contribution in [0.4, 0.5) is 17.1 Å². The first-order valence-corrected chi connectivity index (χ1v) is 20.5. The number of fused-ring (bicyclic) bond motifs is 4. The van der Waals surface area contributed by atoms with Gasteiger partial charge in [0.15, 0.2) is 0 Å². The minimum atomic E-state index is -1.83. The normalized spacial score (nSPS) is 16.5. The zero-order valence-corrected chi connectivity index (χ0v) is 30.1. The van der Waals surface area contributed by atoms with Gasteiger partial charge in [-0.05, 0) is 115 Å². The second kappa shape index (κ2) is 11.2. The van der Waals surface area contributed by atoms with Gasteiger partial charge in [0, 0.05) is 17.1 Å². The molecular weight excluding hydrogens is 595 g/mol. The largest absolute Gasteiger partial charge is 0.311 e. The third kappa shape index (κ3) is 5.06. The molecule has 0 amide bonds. The Morgan fingerprint density at radius 1 is 0.438 bits per heavy atom. The lowest BCUT2D eigenvalue weighted by Crippen LogP contribution is -2.49. The van der Waals surface area contributed by atoms with Gasteiger partial charge in [-0.3, -0.25) is 0 Å². The van der Waals surface area contributed by atoms with Crippen LogP contribution in [0.2, 0.25) is 13.1 Å². The van der Waals surface area contributed by atoms with E-state index in [4.69, 9.17) is 0 Å². The Morgan fingerprint density at radius 2 is 0.938 bits per heavy atom. The van der Waals surface area contributed by atoms with E-state index in [2.05, 4.69) is 185 Å². The maximum absolute atomic E-state index is 2.50. The van der Waals surface area contributed by atoms with Gasteiger partial charge in [0.05, 0.1) is 0 Å². The molecule has 0 saturated heterocycles. The molecule has 0 atom stereocenters. The van der Waals surface area contributed by atoms with Crippen LogP contribution in [0.3, 0.4) is 0 Å². The summed E-state index contributed by atoms with van der Waals surface area (Å²) in [5.41, 5.74) is 14.8. The molecule has 0 bridgehead atoms. The van der Waals surface area contributed by atoms with Gasteiger partial charge in [0.25, 0.3) is 0 Å². The Morgan fingerprint density at radius 3 is 1.60 bits per heavy atom. The average Bonchev–Trinajstić information content (AvgIpc) is 3.34. The molecule has 0 fully saturated rings. The Balaban J connectivity index is 1.21. The predicted octanol–water partition coefficient (Wildman–Crippen LogP) is 11.6. The van der Waals surface area contributed by atoms with Crippen LogP contribution in [0, 0.1) is 0 Å². The standard InChI is InChI=1S/C46H45NSi/c1-45(2)28-29-46(3,4)42-30-35(20-27-41(42)45)34-18-23-37(24-19-34)47(36-21-16-33(17-22-36)32-12-8-7-9-13-32)38-25-26-40-39-14-10-11-15-43(39)48(5,6)44(40)31-38/h7-27,30-31H,28-29H2,1-6H3. The van der Waals surface area contributed by atoms with Crippen molar-refractivity contribution >= 4 is 35.5 Å². The van der Waals surface area contributed by atoms with E-state index in [0.717, 1.165) is 5.69 Å². The van der Waals surface area contributed by atoms with Gasteiger partial charge in [-0.1, -0.05) is 144 Å². The molecule has 0 spiro atoms. The van der Waals surface area contributed by atoms with Crippen molar-refractivity contribution in [3.8, 4) is 33.4 Å². The summed E-state index contributed by atoms with van der Waals surface area (Å²) >= 11 is 0. The highest BCUT2D eigenvalue weighted by Crippen LogP contribution is 2.47. The summed E-state index contributed by atoms with van der Waals surface area (Å²) in [4.78, 5) is 2.44. The lowest BCUT2D eigenvalue weighted by molar-refractivity contribution is 0.332. The fourth-order valence-corrected chi connectivity index (χ4v) is 11.4. The smallest absolute Gasteiger partial charge is 0.113 e. The topological polar surface area (TPSA) is 3.24 Å². The quantitative estimate of drug-likeness (QED) is 0.170. The van der Waals surface area contributed by atoms with Crippen molar-refractivity contribution in [3.05, 3.63) is 151 Å². The van der Waals surface area contributed by atoms with Crippen LogP contribution in [-0.4, -0.2) is 8.07 Å². The molecule has 48 heavy (non-hydrogen) atoms. The van der Waals surface area contributed by atoms with E-state index in [0.29, 0.717) is 0 Å². The first kappa shape index (κ1) is 30.7. The maximum atomic E-state index is 2.50. The van der Waals surface area contributed by atoms with E-state index in [1.54, 1.807) is 0 Å². The fraction of sp³-hybridized carbons (Fsp3) is 0.217. The second-order valence-electron chi connectivity index (χ2n) is 15.7. The van der Waals surface area contributed by atoms with Gasteiger partial charge < -0.3 is 4.90 Å². The van der Waals surface area contributed by atoms with E-state index in [1.165, 1.54) is 79.1 Å². The number of hydrogen-bond donors (Lipinski definition) is 0. The second-order valence-corrected chi connectivity index (χ2v) is 20.1. The third-order valence-corrected chi connectivity index (χ3v) is 14.9. The van der Waals surface area contributed by atoms with E-state index < -0.39 is 8.07 Å². The molecule has 238 valence electrons. The molecule has 2 heteroatoms. The summed E-state index contributed by atoms with van der Waals surface area (Å²) in [5, 5.41) is 3.06. The molecule has 1 aliphatic carbocycles. The Bertz CT molecular complexity index is 2140. The zero-order valence-electron chi connectivity index (χ0n) is 29.1. The van der Waals surface area contributed by atoms with Gasteiger partial charge in [-0.15, -0.1) is 0 Å². The van der Waals surface area contributed by atoms with Gasteiger partial charge >= 0.3 is 0 Å². The van der Waals surface area contributed by atoms with Crippen molar-refractivity contribution in [3.63, 3.8) is 0 Å². The lowest BCUT2D eigenvalue weighted by Gasteiger charge is -2.42. The molecule has 0 N–H and O–H groups in total. The van der Waals surface area contributed by atoms with Crippen molar-refractivity contribution in [2.45, 2.75) is 64.5 Å². The molecule has 6 aromatic carbocycles. The fourth-order valence-electron chi connectivity index (χ4n) is 8.28. The Hall–Kier alpha value is -4.66. The van der Waals surface area contributed by atoms with E-state index in [-0.39, 0.29) is 10.8 Å². The minimum absolute atomic E-state index is 0.188. The lowest BCUT2D eigenvalue weighted by atomic mass is 9.63. The number of hydrogen-bond acceptors (Lipinski definition) is 1. The predicted molar refractivity (Wildman–Crippen MR) is 209 cm³/mol. The van der Waals surface area contributed by atoms with Gasteiger partial charge in [0.2, 0.25) is 0 Å². The van der Waals surface area contributed by atoms with Crippen molar-refractivity contribution in [2.24, 2.45) is 0 Å². The first-order chi connectivity index (χ1) is 23.0. The molecule has 0 radical (unpaired) electrons. The first-order valence-electron chi connectivity index (χ1n) is 17.5. The van der Waals surface area contributed by atoms with Crippen LogP contribution in [0.25, 0.3) is 33.4 Å². The summed E-state index contributed by atoms with van der Waals surface area (Å²) in [6, 6.07) is 52.3. The summed E-state index contributed by atoms with van der Waals surface area (Å²) in [7, 11) is -1.83. The van der Waals surface area contributed by atoms with Crippen LogP contribution in [0.5, 0.6) is 0 Å². The van der Waals surface area contributed by atoms with E-state index in [1.807, 2.05) is 0 Å². The van der Waals surface area contributed by atoms with E-state index >= 15 is 0 Å². The van der Waals surface area contributed by atoms with E-state index in [9.17, 15) is 0 Å². The monoisotopic (exact) mass is 639 g/mol. The maximum Gasteiger partial charge on any atom is 0.113 e. The number of anilines is 3. The van der Waals surface area contributed by atoms with Gasteiger partial charge in [-0.2, -0.15) is 0 Å². The molecule has 1 aliphatic heterocycles. The molecule has 1 nitrogen and oxygen atoms in total. The highest BCUT2D eigenvalue weighted by molar-refractivity contribution is 7.03. The Labute approximate surface area is 287 Å². The highest BCUT2D eigenvalue weighted by atomic mass is 28.3. The Kier molecular flexibility index (Phi) is 7.16. The molecular formula is C46H45NSi. The van der Waals surface area contributed by atoms with Crippen LogP contribution in [0.15, 0.2) is 140 Å². The number of benzene rings is 6. The SMILES string of the molecule is CC1(C)CCC(C)(C)c2cc(-c3ccc(N(c4ccc(-c5ccccc5)cc4)c4ccc5c(c4)[Si](C)(C)c4ccccc4-5)cc3)ccc21. The summed E-state index contributed by atoms with van der Waals surface area (Å²) in [6.45, 7) is 14.6. The average molecular weight is 640 g/mol. The van der Waals surface area contributed by atoms with Crippen LogP contribution in [-0.2, 0) is 10.8 Å². The molecule has 2 aliphatic rings. The number of rotatable bonds is 5. The zero-order chi connectivity index (χ0) is 33.3. The summed E-state index contributed by atoms with van der Waals surface area (Å²) in [6.07, 6.45) is 2.45. The molecule has 0 aromatic heterocycles. The van der Waals surface area contributed by atoms with Gasteiger partial charge in [0.1, 0.15) is 8.07 Å². The van der Waals surface area contributed by atoms with Crippen LogP contribution < -0.4 is 15.3 Å². The van der Waals surface area contributed by atoms with Crippen molar-refractivity contribution < 1.29 is 0 Å². The van der Waals surface area contributed by atoms with Gasteiger partial charge in [-0.25, -0.2) is 0 Å². The minimum Gasteiger partial charge on any atom is -0.311 e. The van der Waals surface area contributed by atoms with Crippen molar-refractivity contribution in [2.75, 3.05) is 4.90 Å². The van der Waals surface area contributed by atoms with Crippen molar-refractivity contribution in [1.82, 2.24) is 0 Å². The third-order valence-electron chi connectivity index (χ3n) is 11.4.